The van der Waals surface area contributed by atoms with Crippen molar-refractivity contribution in [1.82, 2.24) is 9.55 Å². The highest BCUT2D eigenvalue weighted by Crippen LogP contribution is 2.23. The number of amides is 1. The third kappa shape index (κ3) is 1.42. The second-order valence-electron chi connectivity index (χ2n) is 3.11. The third-order valence-corrected chi connectivity index (χ3v) is 2.58. The summed E-state index contributed by atoms with van der Waals surface area (Å²) >= 11 is 6.00. The number of aryl methyl sites for hydroxylation is 1. The van der Waals surface area contributed by atoms with Gasteiger partial charge in [0.25, 0.3) is 0 Å². The largest absolute Gasteiger partial charge is 0.301 e. The minimum Gasteiger partial charge on any atom is -0.301 e. The molecular weight excluding hydrogens is 190 g/mol. The number of nitrogens with one attached hydrogen (secondary N) is 1. The SMILES string of the molecule is Cc1nc2n(c1Cl)CCCC(=O)N2. The lowest BCUT2D eigenvalue weighted by Crippen LogP contribution is -2.10. The second-order valence-corrected chi connectivity index (χ2v) is 3.47. The van der Waals surface area contributed by atoms with E-state index in [0.29, 0.717) is 17.5 Å². The van der Waals surface area contributed by atoms with Crippen molar-refractivity contribution < 1.29 is 4.79 Å². The molecule has 0 saturated carbocycles. The van der Waals surface area contributed by atoms with Gasteiger partial charge in [0.05, 0.1) is 5.69 Å². The number of rotatable bonds is 0. The minimum absolute atomic E-state index is 0.0143. The summed E-state index contributed by atoms with van der Waals surface area (Å²) in [4.78, 5) is 15.3. The third-order valence-electron chi connectivity index (χ3n) is 2.10. The molecule has 70 valence electrons. The van der Waals surface area contributed by atoms with Gasteiger partial charge in [0.15, 0.2) is 0 Å². The predicted molar refractivity (Wildman–Crippen MR) is 49.8 cm³/mol. The molecule has 5 heteroatoms. The summed E-state index contributed by atoms with van der Waals surface area (Å²) in [6.07, 6.45) is 1.35. The summed E-state index contributed by atoms with van der Waals surface area (Å²) in [5, 5.41) is 3.33. The summed E-state index contributed by atoms with van der Waals surface area (Å²) in [6, 6.07) is 0. The Bertz CT molecular complexity index is 359. The van der Waals surface area contributed by atoms with Crippen LogP contribution in [0, 0.1) is 6.92 Å². The quantitative estimate of drug-likeness (QED) is 0.690. The van der Waals surface area contributed by atoms with E-state index in [1.54, 1.807) is 0 Å². The second kappa shape index (κ2) is 3.03. The van der Waals surface area contributed by atoms with Crippen molar-refractivity contribution in [2.24, 2.45) is 0 Å². The van der Waals surface area contributed by atoms with Crippen LogP contribution in [0.3, 0.4) is 0 Å². The van der Waals surface area contributed by atoms with Crippen LogP contribution in [0.2, 0.25) is 5.15 Å². The van der Waals surface area contributed by atoms with Crippen LogP contribution in [0.4, 0.5) is 5.95 Å². The first-order valence-electron chi connectivity index (χ1n) is 4.21. The molecule has 1 aromatic heterocycles. The van der Waals surface area contributed by atoms with E-state index < -0.39 is 0 Å². The normalized spacial score (nSPS) is 16.3. The van der Waals surface area contributed by atoms with Gasteiger partial charge >= 0.3 is 0 Å². The molecule has 1 aliphatic rings. The molecule has 2 rings (SSSR count). The van der Waals surface area contributed by atoms with Crippen LogP contribution in [0.1, 0.15) is 18.5 Å². The van der Waals surface area contributed by atoms with Gasteiger partial charge in [-0.2, -0.15) is 0 Å². The molecule has 4 nitrogen and oxygen atoms in total. The first kappa shape index (κ1) is 8.56. The summed E-state index contributed by atoms with van der Waals surface area (Å²) in [6.45, 7) is 2.59. The van der Waals surface area contributed by atoms with Crippen LogP contribution in [0.5, 0.6) is 0 Å². The summed E-state index contributed by atoms with van der Waals surface area (Å²) in [5.41, 5.74) is 0.763. The van der Waals surface area contributed by atoms with Crippen molar-refractivity contribution in [3.05, 3.63) is 10.8 Å². The first-order chi connectivity index (χ1) is 6.18. The minimum atomic E-state index is 0.0143. The number of hydrogen-bond acceptors (Lipinski definition) is 2. The van der Waals surface area contributed by atoms with Crippen LogP contribution in [-0.2, 0) is 11.3 Å². The van der Waals surface area contributed by atoms with Crippen LogP contribution in [-0.4, -0.2) is 15.5 Å². The Morgan fingerprint density at radius 1 is 1.62 bits per heavy atom. The number of halogens is 1. The molecular formula is C8H10ClN3O. The van der Waals surface area contributed by atoms with Crippen molar-refractivity contribution in [1.29, 1.82) is 0 Å². The average molecular weight is 200 g/mol. The van der Waals surface area contributed by atoms with E-state index in [0.717, 1.165) is 18.7 Å². The molecule has 0 unspecified atom stereocenters. The Balaban J connectivity index is 2.45. The van der Waals surface area contributed by atoms with Gasteiger partial charge in [-0.15, -0.1) is 0 Å². The molecule has 0 aromatic carbocycles. The summed E-state index contributed by atoms with van der Waals surface area (Å²) < 4.78 is 1.84. The molecule has 1 amide bonds. The Kier molecular flexibility index (Phi) is 2.00. The number of hydrogen-bond donors (Lipinski definition) is 1. The van der Waals surface area contributed by atoms with E-state index in [-0.39, 0.29) is 5.91 Å². The van der Waals surface area contributed by atoms with Gasteiger partial charge in [-0.05, 0) is 13.3 Å². The lowest BCUT2D eigenvalue weighted by atomic mass is 10.3. The van der Waals surface area contributed by atoms with E-state index in [9.17, 15) is 4.79 Å². The van der Waals surface area contributed by atoms with Crippen LogP contribution < -0.4 is 5.32 Å². The molecule has 0 fully saturated rings. The summed E-state index contributed by atoms with van der Waals surface area (Å²) in [5.74, 6) is 0.588. The first-order valence-corrected chi connectivity index (χ1v) is 4.59. The lowest BCUT2D eigenvalue weighted by Gasteiger charge is -2.02. The van der Waals surface area contributed by atoms with E-state index in [2.05, 4.69) is 10.3 Å². The van der Waals surface area contributed by atoms with Crippen LogP contribution in [0.25, 0.3) is 0 Å². The van der Waals surface area contributed by atoms with Crippen molar-refractivity contribution in [2.45, 2.75) is 26.3 Å². The number of imidazole rings is 1. The number of fused-ring (bicyclic) bond motifs is 1. The molecule has 0 bridgehead atoms. The maximum Gasteiger partial charge on any atom is 0.226 e. The van der Waals surface area contributed by atoms with Gasteiger partial charge in [0.1, 0.15) is 5.15 Å². The average Bonchev–Trinajstić information content (AvgIpc) is 2.28. The Morgan fingerprint density at radius 2 is 2.38 bits per heavy atom. The maximum absolute atomic E-state index is 11.2. The lowest BCUT2D eigenvalue weighted by molar-refractivity contribution is -0.116. The monoisotopic (exact) mass is 199 g/mol. The fraction of sp³-hybridized carbons (Fsp3) is 0.500. The van der Waals surface area contributed by atoms with Gasteiger partial charge in [0.2, 0.25) is 11.9 Å². The molecule has 0 spiro atoms. The fourth-order valence-corrected chi connectivity index (χ4v) is 1.64. The van der Waals surface area contributed by atoms with Gasteiger partial charge < -0.3 is 4.57 Å². The molecule has 0 radical (unpaired) electrons. The Hall–Kier alpha value is -1.03. The molecule has 2 heterocycles. The zero-order valence-electron chi connectivity index (χ0n) is 7.30. The van der Waals surface area contributed by atoms with E-state index >= 15 is 0 Å². The highest BCUT2D eigenvalue weighted by atomic mass is 35.5. The van der Waals surface area contributed by atoms with Crippen LogP contribution >= 0.6 is 11.6 Å². The van der Waals surface area contributed by atoms with Crippen molar-refractivity contribution in [3.63, 3.8) is 0 Å². The Labute approximate surface area is 80.9 Å². The highest BCUT2D eigenvalue weighted by molar-refractivity contribution is 6.30. The fourth-order valence-electron chi connectivity index (χ4n) is 1.44. The highest BCUT2D eigenvalue weighted by Gasteiger charge is 2.17. The molecule has 1 aromatic rings. The smallest absolute Gasteiger partial charge is 0.226 e. The maximum atomic E-state index is 11.2. The molecule has 13 heavy (non-hydrogen) atoms. The van der Waals surface area contributed by atoms with Gasteiger partial charge in [-0.1, -0.05) is 11.6 Å². The van der Waals surface area contributed by atoms with Crippen molar-refractivity contribution >= 4 is 23.5 Å². The number of aromatic nitrogens is 2. The van der Waals surface area contributed by atoms with E-state index in [4.69, 9.17) is 11.6 Å². The van der Waals surface area contributed by atoms with Gasteiger partial charge in [-0.25, -0.2) is 4.98 Å². The molecule has 1 aliphatic heterocycles. The molecule has 0 saturated heterocycles. The van der Waals surface area contributed by atoms with Crippen molar-refractivity contribution in [3.8, 4) is 0 Å². The zero-order chi connectivity index (χ0) is 9.42. The molecule has 0 atom stereocenters. The van der Waals surface area contributed by atoms with E-state index in [1.165, 1.54) is 0 Å². The van der Waals surface area contributed by atoms with Crippen molar-refractivity contribution in [2.75, 3.05) is 5.32 Å². The Morgan fingerprint density at radius 3 is 3.15 bits per heavy atom. The number of carbonyl (C=O) groups is 1. The number of carbonyl (C=O) groups excluding carboxylic acids is 1. The molecule has 0 aliphatic carbocycles. The predicted octanol–water partition coefficient (Wildman–Crippen LogP) is 1.58. The summed E-state index contributed by atoms with van der Waals surface area (Å²) in [7, 11) is 0. The number of nitrogens with zero attached hydrogens (tertiary/aromatic N) is 2. The number of anilines is 1. The molecule has 1 N–H and O–H groups in total. The standard InChI is InChI=1S/C8H10ClN3O/c1-5-7(9)12-4-2-3-6(13)11-8(12)10-5/h2-4H2,1H3,(H,10,11,13). The topological polar surface area (TPSA) is 46.9 Å². The van der Waals surface area contributed by atoms with E-state index in [1.807, 2.05) is 11.5 Å². The van der Waals surface area contributed by atoms with Crippen LogP contribution in [0.15, 0.2) is 0 Å². The zero-order valence-corrected chi connectivity index (χ0v) is 8.06. The van der Waals surface area contributed by atoms with Gasteiger partial charge in [0, 0.05) is 13.0 Å². The van der Waals surface area contributed by atoms with Gasteiger partial charge in [-0.3, -0.25) is 10.1 Å².